The maximum Gasteiger partial charge on any atom is 0.162 e. The zero-order valence-corrected chi connectivity index (χ0v) is 13.5. The molecule has 0 unspecified atom stereocenters. The zero-order chi connectivity index (χ0) is 13.8. The Hall–Kier alpha value is -0.480. The van der Waals surface area contributed by atoms with Crippen LogP contribution in [-0.4, -0.2) is 24.7 Å². The van der Waals surface area contributed by atoms with Crippen molar-refractivity contribution in [3.63, 3.8) is 0 Å². The van der Waals surface area contributed by atoms with Crippen molar-refractivity contribution in [1.29, 1.82) is 0 Å². The number of rotatable bonds is 4. The van der Waals surface area contributed by atoms with E-state index in [2.05, 4.69) is 24.8 Å². The van der Waals surface area contributed by atoms with Gasteiger partial charge in [0, 0.05) is 17.1 Å². The van der Waals surface area contributed by atoms with Gasteiger partial charge in [-0.15, -0.1) is 11.8 Å². The number of ether oxygens (including phenoxy) is 2. The molecule has 1 aliphatic carbocycles. The molecule has 4 heteroatoms. The molecule has 2 aliphatic rings. The molecule has 20 heavy (non-hydrogen) atoms. The Kier molecular flexibility index (Phi) is 4.72. The average molecular weight is 310 g/mol. The Balaban J connectivity index is 1.67. The molecule has 1 saturated carbocycles. The Morgan fingerprint density at radius 2 is 1.80 bits per heavy atom. The highest BCUT2D eigenvalue weighted by Gasteiger charge is 2.32. The first kappa shape index (κ1) is 14.5. The molecule has 3 rings (SSSR count). The highest BCUT2D eigenvalue weighted by Crippen LogP contribution is 2.44. The molecule has 0 spiro atoms. The maximum atomic E-state index is 5.76. The first-order valence-corrected chi connectivity index (χ1v) is 9.06. The van der Waals surface area contributed by atoms with Crippen molar-refractivity contribution in [2.24, 2.45) is 5.41 Å². The molecule has 2 nitrogen and oxygen atoms in total. The van der Waals surface area contributed by atoms with E-state index in [0.717, 1.165) is 42.6 Å². The number of thiol groups is 1. The minimum absolute atomic E-state index is 0.442. The van der Waals surface area contributed by atoms with Crippen molar-refractivity contribution >= 4 is 24.4 Å². The molecular formula is C16H22O2S2. The lowest BCUT2D eigenvalue weighted by molar-refractivity contribution is 0.297. The number of hydrogen-bond acceptors (Lipinski definition) is 4. The van der Waals surface area contributed by atoms with Gasteiger partial charge in [-0.2, -0.15) is 12.6 Å². The lowest BCUT2D eigenvalue weighted by Gasteiger charge is -2.26. The molecule has 0 bridgehead atoms. The van der Waals surface area contributed by atoms with Crippen molar-refractivity contribution in [2.75, 3.05) is 24.7 Å². The fourth-order valence-electron chi connectivity index (χ4n) is 2.94. The molecule has 0 atom stereocenters. The smallest absolute Gasteiger partial charge is 0.162 e. The quantitative estimate of drug-likeness (QED) is 0.655. The number of fused-ring (bicyclic) bond motifs is 1. The molecule has 0 radical (unpaired) electrons. The van der Waals surface area contributed by atoms with E-state index in [1.807, 2.05) is 17.8 Å². The third-order valence-corrected chi connectivity index (χ3v) is 6.28. The lowest BCUT2D eigenvalue weighted by Crippen LogP contribution is -2.21. The average Bonchev–Trinajstić information content (AvgIpc) is 2.84. The van der Waals surface area contributed by atoms with Crippen LogP contribution in [0.3, 0.4) is 0 Å². The first-order chi connectivity index (χ1) is 9.81. The highest BCUT2D eigenvalue weighted by atomic mass is 32.2. The second-order valence-electron chi connectivity index (χ2n) is 5.81. The number of benzene rings is 1. The molecule has 1 aliphatic heterocycles. The summed E-state index contributed by atoms with van der Waals surface area (Å²) < 4.78 is 11.4. The molecule has 1 aromatic carbocycles. The van der Waals surface area contributed by atoms with Gasteiger partial charge in [0.2, 0.25) is 0 Å². The molecule has 0 saturated heterocycles. The SMILES string of the molecule is SCC1(CSc2ccc3c(c2)OCCCO3)CCCC1. The topological polar surface area (TPSA) is 18.5 Å². The van der Waals surface area contributed by atoms with Gasteiger partial charge in [-0.1, -0.05) is 12.8 Å². The Morgan fingerprint density at radius 1 is 1.05 bits per heavy atom. The van der Waals surface area contributed by atoms with E-state index in [1.54, 1.807) is 0 Å². The molecule has 0 N–H and O–H groups in total. The lowest BCUT2D eigenvalue weighted by atomic mass is 9.91. The van der Waals surface area contributed by atoms with E-state index < -0.39 is 0 Å². The van der Waals surface area contributed by atoms with Crippen LogP contribution in [0.4, 0.5) is 0 Å². The molecule has 0 amide bonds. The summed E-state index contributed by atoms with van der Waals surface area (Å²) in [5, 5.41) is 0. The van der Waals surface area contributed by atoms with Crippen molar-refractivity contribution in [3.05, 3.63) is 18.2 Å². The second kappa shape index (κ2) is 6.52. The Morgan fingerprint density at radius 3 is 2.55 bits per heavy atom. The van der Waals surface area contributed by atoms with E-state index in [0.29, 0.717) is 5.41 Å². The van der Waals surface area contributed by atoms with Gasteiger partial charge in [0.25, 0.3) is 0 Å². The van der Waals surface area contributed by atoms with Gasteiger partial charge in [0.15, 0.2) is 11.5 Å². The van der Waals surface area contributed by atoms with E-state index in [4.69, 9.17) is 9.47 Å². The van der Waals surface area contributed by atoms with Crippen molar-refractivity contribution in [3.8, 4) is 11.5 Å². The van der Waals surface area contributed by atoms with Crippen LogP contribution in [0.1, 0.15) is 32.1 Å². The van der Waals surface area contributed by atoms with Crippen LogP contribution in [0.25, 0.3) is 0 Å². The van der Waals surface area contributed by atoms with Gasteiger partial charge in [-0.25, -0.2) is 0 Å². The summed E-state index contributed by atoms with van der Waals surface area (Å²) in [6.07, 6.45) is 6.34. The predicted octanol–water partition coefficient (Wildman–Crippen LogP) is 4.43. The summed E-state index contributed by atoms with van der Waals surface area (Å²) in [4.78, 5) is 1.28. The van der Waals surface area contributed by atoms with Crippen LogP contribution < -0.4 is 9.47 Å². The van der Waals surface area contributed by atoms with Crippen LogP contribution >= 0.6 is 24.4 Å². The fourth-order valence-corrected chi connectivity index (χ4v) is 4.74. The minimum Gasteiger partial charge on any atom is -0.490 e. The van der Waals surface area contributed by atoms with E-state index in [1.165, 1.54) is 30.6 Å². The van der Waals surface area contributed by atoms with Crippen LogP contribution in [-0.2, 0) is 0 Å². The van der Waals surface area contributed by atoms with Crippen LogP contribution in [0.5, 0.6) is 11.5 Å². The molecule has 110 valence electrons. The molecule has 1 fully saturated rings. The van der Waals surface area contributed by atoms with Crippen LogP contribution in [0, 0.1) is 5.41 Å². The van der Waals surface area contributed by atoms with Gasteiger partial charge < -0.3 is 9.47 Å². The molecular weight excluding hydrogens is 288 g/mol. The Labute approximate surface area is 131 Å². The monoisotopic (exact) mass is 310 g/mol. The minimum atomic E-state index is 0.442. The zero-order valence-electron chi connectivity index (χ0n) is 11.8. The van der Waals surface area contributed by atoms with Gasteiger partial charge in [-0.3, -0.25) is 0 Å². The summed E-state index contributed by atoms with van der Waals surface area (Å²) in [7, 11) is 0. The summed E-state index contributed by atoms with van der Waals surface area (Å²) in [6.45, 7) is 1.50. The standard InChI is InChI=1S/C16H22O2S2/c19-11-16(6-1-2-7-16)12-20-13-4-5-14-15(10-13)18-9-3-8-17-14/h4-5,10,19H,1-3,6-9,11-12H2. The third-order valence-electron chi connectivity index (χ3n) is 4.26. The van der Waals surface area contributed by atoms with Crippen LogP contribution in [0.15, 0.2) is 23.1 Å². The van der Waals surface area contributed by atoms with Crippen LogP contribution in [0.2, 0.25) is 0 Å². The van der Waals surface area contributed by atoms with Gasteiger partial charge in [0.05, 0.1) is 13.2 Å². The first-order valence-electron chi connectivity index (χ1n) is 7.45. The van der Waals surface area contributed by atoms with Gasteiger partial charge in [0.1, 0.15) is 0 Å². The second-order valence-corrected chi connectivity index (χ2v) is 7.18. The number of hydrogen-bond donors (Lipinski definition) is 1. The third kappa shape index (κ3) is 3.22. The van der Waals surface area contributed by atoms with Gasteiger partial charge in [-0.05, 0) is 42.2 Å². The van der Waals surface area contributed by atoms with E-state index >= 15 is 0 Å². The summed E-state index contributed by atoms with van der Waals surface area (Å²) in [5.41, 5.74) is 0.442. The van der Waals surface area contributed by atoms with E-state index in [9.17, 15) is 0 Å². The largest absolute Gasteiger partial charge is 0.490 e. The summed E-state index contributed by atoms with van der Waals surface area (Å²) in [5.74, 6) is 3.95. The van der Waals surface area contributed by atoms with E-state index in [-0.39, 0.29) is 0 Å². The van der Waals surface area contributed by atoms with Crippen molar-refractivity contribution < 1.29 is 9.47 Å². The highest BCUT2D eigenvalue weighted by molar-refractivity contribution is 7.99. The van der Waals surface area contributed by atoms with Gasteiger partial charge >= 0.3 is 0 Å². The fraction of sp³-hybridized carbons (Fsp3) is 0.625. The normalized spacial score (nSPS) is 20.6. The molecule has 1 heterocycles. The Bertz CT molecular complexity index is 456. The maximum absolute atomic E-state index is 5.76. The van der Waals surface area contributed by atoms with Crippen molar-refractivity contribution in [1.82, 2.24) is 0 Å². The van der Waals surface area contributed by atoms with Crippen molar-refractivity contribution in [2.45, 2.75) is 37.0 Å². The molecule has 0 aromatic heterocycles. The summed E-state index contributed by atoms with van der Waals surface area (Å²) >= 11 is 6.52. The number of thioether (sulfide) groups is 1. The summed E-state index contributed by atoms with van der Waals surface area (Å²) in [6, 6.07) is 6.33. The molecule has 1 aromatic rings. The predicted molar refractivity (Wildman–Crippen MR) is 87.5 cm³/mol.